The number of nitrogens with one attached hydrogen (secondary N) is 1. The molecule has 4 nitrogen and oxygen atoms in total. The third-order valence-electron chi connectivity index (χ3n) is 4.44. The summed E-state index contributed by atoms with van der Waals surface area (Å²) in [4.78, 5) is 12.6. The minimum absolute atomic E-state index is 0.110. The molecule has 0 saturated heterocycles. The van der Waals surface area contributed by atoms with Gasteiger partial charge in [-0.1, -0.05) is 38.1 Å². The molecular weight excluding hydrogens is 326 g/mol. The van der Waals surface area contributed by atoms with Gasteiger partial charge in [0.15, 0.2) is 6.10 Å². The predicted molar refractivity (Wildman–Crippen MR) is 105 cm³/mol. The second-order valence-corrected chi connectivity index (χ2v) is 6.96. The summed E-state index contributed by atoms with van der Waals surface area (Å²) in [5.41, 5.74) is 3.24. The maximum absolute atomic E-state index is 12.6. The van der Waals surface area contributed by atoms with Gasteiger partial charge in [-0.3, -0.25) is 4.79 Å². The number of carbonyl (C=O) groups excluding carboxylic acids is 1. The second-order valence-electron chi connectivity index (χ2n) is 6.96. The zero-order valence-corrected chi connectivity index (χ0v) is 16.5. The topological polar surface area (TPSA) is 47.6 Å². The monoisotopic (exact) mass is 355 g/mol. The lowest BCUT2D eigenvalue weighted by Gasteiger charge is -2.21. The van der Waals surface area contributed by atoms with E-state index in [9.17, 15) is 4.79 Å². The van der Waals surface area contributed by atoms with Crippen molar-refractivity contribution in [1.82, 2.24) is 5.32 Å². The lowest BCUT2D eigenvalue weighted by Crippen LogP contribution is -2.38. The van der Waals surface area contributed by atoms with Crippen molar-refractivity contribution in [2.24, 2.45) is 0 Å². The molecule has 0 saturated carbocycles. The Hall–Kier alpha value is -2.49. The maximum atomic E-state index is 12.6. The molecule has 26 heavy (non-hydrogen) atoms. The summed E-state index contributed by atoms with van der Waals surface area (Å²) in [7, 11) is 1.63. The molecule has 140 valence electrons. The average Bonchev–Trinajstić information content (AvgIpc) is 2.61. The molecule has 1 amide bonds. The first-order chi connectivity index (χ1) is 12.3. The van der Waals surface area contributed by atoms with Crippen molar-refractivity contribution in [3.63, 3.8) is 0 Å². The van der Waals surface area contributed by atoms with Crippen LogP contribution in [0.15, 0.2) is 42.5 Å². The van der Waals surface area contributed by atoms with Gasteiger partial charge in [0.2, 0.25) is 0 Å². The van der Waals surface area contributed by atoms with Gasteiger partial charge in [-0.15, -0.1) is 0 Å². The highest BCUT2D eigenvalue weighted by Crippen LogP contribution is 2.28. The molecule has 0 radical (unpaired) electrons. The number of rotatable bonds is 7. The molecule has 2 unspecified atom stereocenters. The van der Waals surface area contributed by atoms with Crippen molar-refractivity contribution in [3.8, 4) is 11.5 Å². The Kier molecular flexibility index (Phi) is 6.67. The minimum Gasteiger partial charge on any atom is -0.497 e. The van der Waals surface area contributed by atoms with Crippen molar-refractivity contribution in [3.05, 3.63) is 59.2 Å². The van der Waals surface area contributed by atoms with Crippen LogP contribution < -0.4 is 14.8 Å². The Morgan fingerprint density at radius 2 is 1.65 bits per heavy atom. The Morgan fingerprint density at radius 1 is 1.00 bits per heavy atom. The van der Waals surface area contributed by atoms with Gasteiger partial charge >= 0.3 is 0 Å². The standard InChI is InChI=1S/C22H29NO3/c1-14(2)20-12-7-15(3)13-21(20)26-17(5)22(24)23-16(4)18-8-10-19(25-6)11-9-18/h7-14,16-17H,1-6H3,(H,23,24). The SMILES string of the molecule is COc1ccc(C(C)NC(=O)C(C)Oc2cc(C)ccc2C(C)C)cc1. The molecule has 0 spiro atoms. The zero-order valence-electron chi connectivity index (χ0n) is 16.5. The number of ether oxygens (including phenoxy) is 2. The normalized spacial score (nSPS) is 13.2. The lowest BCUT2D eigenvalue weighted by atomic mass is 10.0. The molecular formula is C22H29NO3. The number of hydrogen-bond donors (Lipinski definition) is 1. The van der Waals surface area contributed by atoms with E-state index in [4.69, 9.17) is 9.47 Å². The van der Waals surface area contributed by atoms with Crippen LogP contribution in [0.5, 0.6) is 11.5 Å². The Labute approximate surface area is 156 Å². The molecule has 2 atom stereocenters. The first-order valence-electron chi connectivity index (χ1n) is 9.03. The highest BCUT2D eigenvalue weighted by molar-refractivity contribution is 5.81. The van der Waals surface area contributed by atoms with Crippen molar-refractivity contribution >= 4 is 5.91 Å². The van der Waals surface area contributed by atoms with Crippen LogP contribution in [0.2, 0.25) is 0 Å². The molecule has 2 aromatic carbocycles. The molecule has 0 aliphatic carbocycles. The van der Waals surface area contributed by atoms with Gasteiger partial charge in [0, 0.05) is 0 Å². The largest absolute Gasteiger partial charge is 0.497 e. The van der Waals surface area contributed by atoms with Crippen LogP contribution in [0.3, 0.4) is 0 Å². The number of benzene rings is 2. The van der Waals surface area contributed by atoms with Crippen molar-refractivity contribution < 1.29 is 14.3 Å². The molecule has 0 aliphatic heterocycles. The van der Waals surface area contributed by atoms with Crippen molar-refractivity contribution in [1.29, 1.82) is 0 Å². The zero-order chi connectivity index (χ0) is 19.3. The van der Waals surface area contributed by atoms with Crippen LogP contribution in [0.1, 0.15) is 56.3 Å². The Bertz CT molecular complexity index is 738. The Balaban J connectivity index is 2.04. The first-order valence-corrected chi connectivity index (χ1v) is 9.03. The van der Waals surface area contributed by atoms with E-state index in [1.807, 2.05) is 44.2 Å². The molecule has 2 rings (SSSR count). The van der Waals surface area contributed by atoms with Crippen LogP contribution in [0.4, 0.5) is 0 Å². The fourth-order valence-corrected chi connectivity index (χ4v) is 2.77. The quantitative estimate of drug-likeness (QED) is 0.778. The molecule has 0 aliphatic rings. The molecule has 4 heteroatoms. The van der Waals surface area contributed by atoms with E-state index in [2.05, 4.69) is 31.3 Å². The smallest absolute Gasteiger partial charge is 0.261 e. The van der Waals surface area contributed by atoms with Crippen molar-refractivity contribution in [2.75, 3.05) is 7.11 Å². The molecule has 2 aromatic rings. The molecule has 0 bridgehead atoms. The number of hydrogen-bond acceptors (Lipinski definition) is 3. The maximum Gasteiger partial charge on any atom is 0.261 e. The molecule has 0 aromatic heterocycles. The third-order valence-corrected chi connectivity index (χ3v) is 4.44. The highest BCUT2D eigenvalue weighted by Gasteiger charge is 2.19. The summed E-state index contributed by atoms with van der Waals surface area (Å²) in [6, 6.07) is 13.7. The van der Waals surface area contributed by atoms with Crippen LogP contribution >= 0.6 is 0 Å². The molecule has 1 N–H and O–H groups in total. The third kappa shape index (κ3) is 5.01. The van der Waals surface area contributed by atoms with E-state index < -0.39 is 6.10 Å². The summed E-state index contributed by atoms with van der Waals surface area (Å²) in [5, 5.41) is 3.01. The van der Waals surface area contributed by atoms with Gasteiger partial charge in [0.1, 0.15) is 11.5 Å². The van der Waals surface area contributed by atoms with E-state index in [1.165, 1.54) is 0 Å². The number of amides is 1. The summed E-state index contributed by atoms with van der Waals surface area (Å²) in [6.07, 6.45) is -0.574. The van der Waals surface area contributed by atoms with Gasteiger partial charge in [-0.05, 0) is 61.6 Å². The van der Waals surface area contributed by atoms with Gasteiger partial charge in [-0.2, -0.15) is 0 Å². The van der Waals surface area contributed by atoms with Crippen LogP contribution in [-0.2, 0) is 4.79 Å². The summed E-state index contributed by atoms with van der Waals surface area (Å²) in [5.74, 6) is 1.77. The Morgan fingerprint density at radius 3 is 2.23 bits per heavy atom. The van der Waals surface area contributed by atoms with E-state index in [-0.39, 0.29) is 11.9 Å². The predicted octanol–water partition coefficient (Wildman–Crippen LogP) is 4.77. The summed E-state index contributed by atoms with van der Waals surface area (Å²) >= 11 is 0. The van der Waals surface area contributed by atoms with E-state index in [0.29, 0.717) is 5.92 Å². The average molecular weight is 355 g/mol. The molecule has 0 fully saturated rings. The van der Waals surface area contributed by atoms with Crippen LogP contribution in [-0.4, -0.2) is 19.1 Å². The van der Waals surface area contributed by atoms with Gasteiger partial charge in [0.05, 0.1) is 13.2 Å². The van der Waals surface area contributed by atoms with E-state index in [1.54, 1.807) is 14.0 Å². The van der Waals surface area contributed by atoms with Gasteiger partial charge in [-0.25, -0.2) is 0 Å². The van der Waals surface area contributed by atoms with Crippen LogP contribution in [0.25, 0.3) is 0 Å². The van der Waals surface area contributed by atoms with Crippen molar-refractivity contribution in [2.45, 2.75) is 52.7 Å². The number of methoxy groups -OCH3 is 1. The lowest BCUT2D eigenvalue weighted by molar-refractivity contribution is -0.127. The first kappa shape index (κ1) is 19.8. The van der Waals surface area contributed by atoms with E-state index >= 15 is 0 Å². The van der Waals surface area contributed by atoms with E-state index in [0.717, 1.165) is 28.2 Å². The second kappa shape index (κ2) is 8.75. The van der Waals surface area contributed by atoms with Gasteiger partial charge in [0.25, 0.3) is 5.91 Å². The summed E-state index contributed by atoms with van der Waals surface area (Å²) in [6.45, 7) is 10.00. The molecule has 0 heterocycles. The van der Waals surface area contributed by atoms with Crippen LogP contribution in [0, 0.1) is 6.92 Å². The fraction of sp³-hybridized carbons (Fsp3) is 0.409. The number of aryl methyl sites for hydroxylation is 1. The minimum atomic E-state index is -0.574. The highest BCUT2D eigenvalue weighted by atomic mass is 16.5. The summed E-state index contributed by atoms with van der Waals surface area (Å²) < 4.78 is 11.2. The van der Waals surface area contributed by atoms with Gasteiger partial charge < -0.3 is 14.8 Å². The number of carbonyl (C=O) groups is 1. The fourth-order valence-electron chi connectivity index (χ4n) is 2.77.